The first-order valence-corrected chi connectivity index (χ1v) is 8.85. The van der Waals surface area contributed by atoms with E-state index in [1.807, 2.05) is 12.1 Å². The van der Waals surface area contributed by atoms with Crippen molar-refractivity contribution < 1.29 is 14.3 Å². The first kappa shape index (κ1) is 16.2. The first-order chi connectivity index (χ1) is 11.1. The van der Waals surface area contributed by atoms with Crippen LogP contribution in [0.15, 0.2) is 18.2 Å². The summed E-state index contributed by atoms with van der Waals surface area (Å²) in [5, 5.41) is 0. The van der Waals surface area contributed by atoms with Gasteiger partial charge in [0.2, 0.25) is 0 Å². The smallest absolute Gasteiger partial charge is 0.337 e. The van der Waals surface area contributed by atoms with Gasteiger partial charge in [-0.15, -0.1) is 0 Å². The van der Waals surface area contributed by atoms with Crippen LogP contribution in [-0.2, 0) is 11.2 Å². The molecule has 1 fully saturated rings. The fourth-order valence-electron chi connectivity index (χ4n) is 4.27. The van der Waals surface area contributed by atoms with Crippen LogP contribution in [-0.4, -0.2) is 18.9 Å². The molecule has 0 heterocycles. The van der Waals surface area contributed by atoms with Crippen molar-refractivity contribution >= 4 is 11.8 Å². The van der Waals surface area contributed by atoms with Crippen molar-refractivity contribution in [3.05, 3.63) is 34.9 Å². The van der Waals surface area contributed by atoms with E-state index in [1.165, 1.54) is 32.8 Å². The summed E-state index contributed by atoms with van der Waals surface area (Å²) in [5.41, 5.74) is 2.40. The highest BCUT2D eigenvalue weighted by molar-refractivity contribution is 6.01. The van der Waals surface area contributed by atoms with Crippen molar-refractivity contribution in [2.24, 2.45) is 17.8 Å². The number of carbonyl (C=O) groups is 2. The molecule has 0 amide bonds. The minimum Gasteiger partial charge on any atom is -0.465 e. The van der Waals surface area contributed by atoms with Gasteiger partial charge >= 0.3 is 5.97 Å². The van der Waals surface area contributed by atoms with E-state index < -0.39 is 0 Å². The third-order valence-corrected chi connectivity index (χ3v) is 5.72. The van der Waals surface area contributed by atoms with Gasteiger partial charge in [0, 0.05) is 11.5 Å². The van der Waals surface area contributed by atoms with Crippen molar-refractivity contribution in [2.45, 2.75) is 51.9 Å². The molecule has 3 nitrogen and oxygen atoms in total. The Hall–Kier alpha value is -1.64. The SMILES string of the molecule is COC(=O)c1ccc2c(c1)CCCC(C1CCC(C)CC1)C2=O. The summed E-state index contributed by atoms with van der Waals surface area (Å²) in [7, 11) is 1.39. The zero-order valence-corrected chi connectivity index (χ0v) is 14.1. The molecule has 1 aromatic rings. The molecule has 0 bridgehead atoms. The predicted octanol–water partition coefficient (Wildman–Crippen LogP) is 4.43. The highest BCUT2D eigenvalue weighted by Crippen LogP contribution is 2.39. The fourth-order valence-corrected chi connectivity index (χ4v) is 4.27. The van der Waals surface area contributed by atoms with Crippen molar-refractivity contribution in [1.29, 1.82) is 0 Å². The van der Waals surface area contributed by atoms with Crippen LogP contribution < -0.4 is 0 Å². The fraction of sp³-hybridized carbons (Fsp3) is 0.600. The Kier molecular flexibility index (Phi) is 4.84. The Bertz CT molecular complexity index is 597. The number of hydrogen-bond acceptors (Lipinski definition) is 3. The molecule has 3 rings (SSSR count). The number of aryl methyl sites for hydroxylation is 1. The maximum atomic E-state index is 13.1. The molecule has 23 heavy (non-hydrogen) atoms. The number of hydrogen-bond donors (Lipinski definition) is 0. The maximum absolute atomic E-state index is 13.1. The molecule has 0 aliphatic heterocycles. The van der Waals surface area contributed by atoms with Crippen LogP contribution in [0.4, 0.5) is 0 Å². The van der Waals surface area contributed by atoms with Crippen LogP contribution in [0.1, 0.15) is 71.7 Å². The van der Waals surface area contributed by atoms with E-state index in [9.17, 15) is 9.59 Å². The van der Waals surface area contributed by atoms with Crippen LogP contribution >= 0.6 is 0 Å². The number of esters is 1. The van der Waals surface area contributed by atoms with Gasteiger partial charge in [0.05, 0.1) is 12.7 Å². The molecular formula is C20H26O3. The highest BCUT2D eigenvalue weighted by Gasteiger charge is 2.33. The van der Waals surface area contributed by atoms with Crippen LogP contribution in [0.25, 0.3) is 0 Å². The Labute approximate surface area is 138 Å². The summed E-state index contributed by atoms with van der Waals surface area (Å²) < 4.78 is 4.79. The minimum atomic E-state index is -0.331. The van der Waals surface area contributed by atoms with Crippen molar-refractivity contribution in [3.63, 3.8) is 0 Å². The molecule has 124 valence electrons. The second-order valence-corrected chi connectivity index (χ2v) is 7.25. The standard InChI is InChI=1S/C20H26O3/c1-13-6-8-14(9-7-13)17-5-3-4-15-12-16(20(22)23-2)10-11-18(15)19(17)21/h10-14,17H,3-9H2,1-2H3. The van der Waals surface area contributed by atoms with Gasteiger partial charge in [-0.05, 0) is 61.6 Å². The number of rotatable bonds is 2. The van der Waals surface area contributed by atoms with E-state index in [2.05, 4.69) is 6.92 Å². The van der Waals surface area contributed by atoms with Crippen molar-refractivity contribution in [3.8, 4) is 0 Å². The summed E-state index contributed by atoms with van der Waals surface area (Å²) in [6.07, 6.45) is 7.78. The number of benzene rings is 1. The summed E-state index contributed by atoms with van der Waals surface area (Å²) in [5.74, 6) is 1.50. The quantitative estimate of drug-likeness (QED) is 0.599. The molecule has 1 aromatic carbocycles. The lowest BCUT2D eigenvalue weighted by Gasteiger charge is -2.31. The topological polar surface area (TPSA) is 43.4 Å². The number of Topliss-reactive ketones (excluding diaryl/α,β-unsaturated/α-hetero) is 1. The average Bonchev–Trinajstić information content (AvgIpc) is 2.74. The highest BCUT2D eigenvalue weighted by atomic mass is 16.5. The van der Waals surface area contributed by atoms with Crippen molar-refractivity contribution in [1.82, 2.24) is 0 Å². The third-order valence-electron chi connectivity index (χ3n) is 5.72. The molecule has 0 radical (unpaired) electrons. The zero-order chi connectivity index (χ0) is 16.4. The van der Waals surface area contributed by atoms with E-state index >= 15 is 0 Å². The lowest BCUT2D eigenvalue weighted by atomic mass is 9.73. The summed E-state index contributed by atoms with van der Waals surface area (Å²) >= 11 is 0. The lowest BCUT2D eigenvalue weighted by Crippen LogP contribution is -2.27. The average molecular weight is 314 g/mol. The molecule has 0 spiro atoms. The zero-order valence-electron chi connectivity index (χ0n) is 14.1. The Morgan fingerprint density at radius 3 is 2.57 bits per heavy atom. The number of fused-ring (bicyclic) bond motifs is 1. The minimum absolute atomic E-state index is 0.174. The van der Waals surface area contributed by atoms with Gasteiger partial charge in [0.15, 0.2) is 5.78 Å². The third kappa shape index (κ3) is 3.34. The lowest BCUT2D eigenvalue weighted by molar-refractivity contribution is 0.0600. The molecule has 2 aliphatic carbocycles. The van der Waals surface area contributed by atoms with Crippen LogP contribution in [0, 0.1) is 17.8 Å². The molecule has 0 aromatic heterocycles. The van der Waals surface area contributed by atoms with Crippen LogP contribution in [0.3, 0.4) is 0 Å². The van der Waals surface area contributed by atoms with E-state index in [4.69, 9.17) is 4.74 Å². The normalized spacial score (nSPS) is 27.9. The number of carbonyl (C=O) groups excluding carboxylic acids is 2. The second-order valence-electron chi connectivity index (χ2n) is 7.25. The Balaban J connectivity index is 1.84. The maximum Gasteiger partial charge on any atom is 0.337 e. The van der Waals surface area contributed by atoms with Gasteiger partial charge in [-0.25, -0.2) is 4.79 Å². The number of methoxy groups -OCH3 is 1. The van der Waals surface area contributed by atoms with E-state index in [1.54, 1.807) is 6.07 Å². The van der Waals surface area contributed by atoms with Gasteiger partial charge in [0.25, 0.3) is 0 Å². The first-order valence-electron chi connectivity index (χ1n) is 8.85. The monoisotopic (exact) mass is 314 g/mol. The van der Waals surface area contributed by atoms with Crippen LogP contribution in [0.5, 0.6) is 0 Å². The largest absolute Gasteiger partial charge is 0.465 e. The molecule has 1 saturated carbocycles. The Morgan fingerprint density at radius 1 is 1.13 bits per heavy atom. The molecule has 3 heteroatoms. The van der Waals surface area contributed by atoms with E-state index in [0.717, 1.165) is 36.3 Å². The predicted molar refractivity (Wildman–Crippen MR) is 89.7 cm³/mol. The van der Waals surface area contributed by atoms with Gasteiger partial charge in [-0.2, -0.15) is 0 Å². The Morgan fingerprint density at radius 2 is 1.87 bits per heavy atom. The van der Waals surface area contributed by atoms with Crippen LogP contribution in [0.2, 0.25) is 0 Å². The summed E-state index contributed by atoms with van der Waals surface area (Å²) in [4.78, 5) is 24.8. The number of ketones is 1. The van der Waals surface area contributed by atoms with E-state index in [-0.39, 0.29) is 11.9 Å². The summed E-state index contributed by atoms with van der Waals surface area (Å²) in [6.45, 7) is 2.31. The molecular weight excluding hydrogens is 288 g/mol. The molecule has 1 atom stereocenters. The second kappa shape index (κ2) is 6.86. The summed E-state index contributed by atoms with van der Waals surface area (Å²) in [6, 6.07) is 5.42. The number of ether oxygens (including phenoxy) is 1. The molecule has 0 N–H and O–H groups in total. The van der Waals surface area contributed by atoms with E-state index in [0.29, 0.717) is 17.3 Å². The molecule has 0 saturated heterocycles. The van der Waals surface area contributed by atoms with Gasteiger partial charge < -0.3 is 4.74 Å². The molecule has 2 aliphatic rings. The van der Waals surface area contributed by atoms with Gasteiger partial charge in [-0.1, -0.05) is 25.8 Å². The molecule has 1 unspecified atom stereocenters. The van der Waals surface area contributed by atoms with Gasteiger partial charge in [0.1, 0.15) is 0 Å². The van der Waals surface area contributed by atoms with Gasteiger partial charge in [-0.3, -0.25) is 4.79 Å². The van der Waals surface area contributed by atoms with Crippen molar-refractivity contribution in [2.75, 3.05) is 7.11 Å².